The highest BCUT2D eigenvalue weighted by molar-refractivity contribution is 7.89. The summed E-state index contributed by atoms with van der Waals surface area (Å²) in [5.41, 5.74) is 0. The molecule has 1 heterocycles. The van der Waals surface area contributed by atoms with Crippen LogP contribution in [0.2, 0.25) is 0 Å². The average Bonchev–Trinajstić information content (AvgIpc) is 2.48. The van der Waals surface area contributed by atoms with E-state index >= 15 is 0 Å². The molecule has 1 fully saturated rings. The zero-order chi connectivity index (χ0) is 16.2. The smallest absolute Gasteiger partial charge is 0.404 e. The number of aromatic nitrogens is 1. The number of hydrogen-bond donors (Lipinski definition) is 3. The van der Waals surface area contributed by atoms with Crippen LogP contribution in [-0.4, -0.2) is 43.8 Å². The summed E-state index contributed by atoms with van der Waals surface area (Å²) < 4.78 is 32.0. The third-order valence-corrected chi connectivity index (χ3v) is 5.11. The summed E-state index contributed by atoms with van der Waals surface area (Å²) in [5, 5.41) is 11.1. The molecule has 0 radical (unpaired) electrons. The fourth-order valence-electron chi connectivity index (χ4n) is 2.46. The summed E-state index contributed by atoms with van der Waals surface area (Å²) in [5.74, 6) is 0.346. The highest BCUT2D eigenvalue weighted by Gasteiger charge is 2.26. The fourth-order valence-corrected chi connectivity index (χ4v) is 3.71. The molecule has 0 aliphatic heterocycles. The van der Waals surface area contributed by atoms with Gasteiger partial charge in [0.1, 0.15) is 4.90 Å². The van der Waals surface area contributed by atoms with Crippen LogP contribution in [0, 0.1) is 0 Å². The lowest BCUT2D eigenvalue weighted by atomic mass is 9.92. The molecule has 3 N–H and O–H groups in total. The minimum Gasteiger partial charge on any atom is -0.481 e. The SMILES string of the molecule is COc1ccc(S(=O)(=O)N[C@H]2CC[C@H](NC(=O)O)CC2)cn1. The molecule has 0 unspecified atom stereocenters. The number of amides is 1. The molecule has 122 valence electrons. The van der Waals surface area contributed by atoms with Gasteiger partial charge in [0, 0.05) is 18.2 Å². The van der Waals surface area contributed by atoms with Crippen molar-refractivity contribution in [3.05, 3.63) is 18.3 Å². The topological polar surface area (TPSA) is 118 Å². The Hall–Kier alpha value is -1.87. The van der Waals surface area contributed by atoms with Gasteiger partial charge in [-0.1, -0.05) is 0 Å². The quantitative estimate of drug-likeness (QED) is 0.740. The maximum atomic E-state index is 12.3. The largest absolute Gasteiger partial charge is 0.481 e. The van der Waals surface area contributed by atoms with E-state index in [1.807, 2.05) is 0 Å². The van der Waals surface area contributed by atoms with Crippen LogP contribution in [-0.2, 0) is 10.0 Å². The van der Waals surface area contributed by atoms with E-state index in [2.05, 4.69) is 15.0 Å². The first-order valence-corrected chi connectivity index (χ1v) is 8.41. The first-order chi connectivity index (χ1) is 10.4. The molecule has 9 heteroatoms. The number of pyridine rings is 1. The maximum Gasteiger partial charge on any atom is 0.404 e. The zero-order valence-electron chi connectivity index (χ0n) is 12.2. The van der Waals surface area contributed by atoms with Crippen molar-refractivity contribution in [2.75, 3.05) is 7.11 Å². The molecule has 0 atom stereocenters. The second-order valence-electron chi connectivity index (χ2n) is 5.16. The van der Waals surface area contributed by atoms with Crippen LogP contribution >= 0.6 is 0 Å². The Morgan fingerprint density at radius 3 is 2.41 bits per heavy atom. The van der Waals surface area contributed by atoms with E-state index in [0.717, 1.165) is 0 Å². The van der Waals surface area contributed by atoms with E-state index in [0.29, 0.717) is 31.6 Å². The summed E-state index contributed by atoms with van der Waals surface area (Å²) in [7, 11) is -2.17. The van der Waals surface area contributed by atoms with Crippen molar-refractivity contribution in [3.63, 3.8) is 0 Å². The van der Waals surface area contributed by atoms with E-state index in [9.17, 15) is 13.2 Å². The van der Waals surface area contributed by atoms with Gasteiger partial charge in [-0.05, 0) is 31.7 Å². The van der Waals surface area contributed by atoms with Gasteiger partial charge in [-0.3, -0.25) is 0 Å². The predicted molar refractivity (Wildman–Crippen MR) is 78.3 cm³/mol. The minimum absolute atomic E-state index is 0.0825. The molecular weight excluding hydrogens is 310 g/mol. The van der Waals surface area contributed by atoms with Crippen LogP contribution in [0.25, 0.3) is 0 Å². The Morgan fingerprint density at radius 1 is 1.27 bits per heavy atom. The number of nitrogens with zero attached hydrogens (tertiary/aromatic N) is 1. The fraction of sp³-hybridized carbons (Fsp3) is 0.538. The van der Waals surface area contributed by atoms with Gasteiger partial charge in [-0.2, -0.15) is 0 Å². The van der Waals surface area contributed by atoms with Crippen molar-refractivity contribution in [2.24, 2.45) is 0 Å². The van der Waals surface area contributed by atoms with Gasteiger partial charge in [-0.25, -0.2) is 22.9 Å². The lowest BCUT2D eigenvalue weighted by Crippen LogP contribution is -2.43. The van der Waals surface area contributed by atoms with Crippen molar-refractivity contribution in [3.8, 4) is 5.88 Å². The van der Waals surface area contributed by atoms with Gasteiger partial charge in [-0.15, -0.1) is 0 Å². The van der Waals surface area contributed by atoms with Gasteiger partial charge in [0.05, 0.1) is 13.3 Å². The van der Waals surface area contributed by atoms with Crippen molar-refractivity contribution in [1.29, 1.82) is 0 Å². The van der Waals surface area contributed by atoms with Gasteiger partial charge in [0.25, 0.3) is 0 Å². The zero-order valence-corrected chi connectivity index (χ0v) is 13.0. The second-order valence-corrected chi connectivity index (χ2v) is 6.87. The van der Waals surface area contributed by atoms with E-state index in [4.69, 9.17) is 9.84 Å². The molecule has 0 aromatic carbocycles. The Balaban J connectivity index is 1.93. The van der Waals surface area contributed by atoms with E-state index in [1.165, 1.54) is 25.4 Å². The molecule has 0 saturated heterocycles. The highest BCUT2D eigenvalue weighted by atomic mass is 32.2. The molecule has 22 heavy (non-hydrogen) atoms. The summed E-state index contributed by atoms with van der Waals surface area (Å²) in [4.78, 5) is 14.5. The van der Waals surface area contributed by atoms with Crippen LogP contribution in [0.3, 0.4) is 0 Å². The van der Waals surface area contributed by atoms with E-state index in [-0.39, 0.29) is 17.0 Å². The summed E-state index contributed by atoms with van der Waals surface area (Å²) in [6, 6.07) is 2.62. The molecular formula is C13H19N3O5S. The number of nitrogens with one attached hydrogen (secondary N) is 2. The maximum absolute atomic E-state index is 12.3. The summed E-state index contributed by atoms with van der Waals surface area (Å²) in [6.45, 7) is 0. The number of carbonyl (C=O) groups is 1. The highest BCUT2D eigenvalue weighted by Crippen LogP contribution is 2.21. The predicted octanol–water partition coefficient (Wildman–Crippen LogP) is 0.947. The minimum atomic E-state index is -3.63. The molecule has 1 aliphatic carbocycles. The Labute approximate surface area is 128 Å². The average molecular weight is 329 g/mol. The van der Waals surface area contributed by atoms with Gasteiger partial charge in [0.2, 0.25) is 15.9 Å². The van der Waals surface area contributed by atoms with Crippen molar-refractivity contribution < 1.29 is 23.1 Å². The summed E-state index contributed by atoms with van der Waals surface area (Å²) in [6.07, 6.45) is 2.61. The van der Waals surface area contributed by atoms with Crippen LogP contribution in [0.15, 0.2) is 23.2 Å². The molecule has 0 bridgehead atoms. The number of hydrogen-bond acceptors (Lipinski definition) is 5. The van der Waals surface area contributed by atoms with Gasteiger partial charge >= 0.3 is 6.09 Å². The lowest BCUT2D eigenvalue weighted by molar-refractivity contribution is 0.184. The van der Waals surface area contributed by atoms with Crippen molar-refractivity contribution >= 4 is 16.1 Å². The molecule has 1 amide bonds. The standard InChI is InChI=1S/C13H19N3O5S/c1-21-12-7-6-11(8-14-12)22(19,20)16-10-4-2-9(3-5-10)15-13(17)18/h6-10,15-16H,2-5H2,1H3,(H,17,18)/t9-,10-. The number of methoxy groups -OCH3 is 1. The normalized spacial score (nSPS) is 22.0. The second kappa shape index (κ2) is 6.93. The third kappa shape index (κ3) is 4.31. The Bertz CT molecular complexity index is 609. The van der Waals surface area contributed by atoms with Crippen LogP contribution in [0.5, 0.6) is 5.88 Å². The first-order valence-electron chi connectivity index (χ1n) is 6.92. The van der Waals surface area contributed by atoms with Crippen LogP contribution in [0.4, 0.5) is 4.79 Å². The summed E-state index contributed by atoms with van der Waals surface area (Å²) >= 11 is 0. The lowest BCUT2D eigenvalue weighted by Gasteiger charge is -2.28. The molecule has 1 aromatic rings. The van der Waals surface area contributed by atoms with E-state index < -0.39 is 16.1 Å². The molecule has 1 saturated carbocycles. The number of sulfonamides is 1. The molecule has 8 nitrogen and oxygen atoms in total. The van der Waals surface area contributed by atoms with Crippen LogP contribution < -0.4 is 14.8 Å². The number of carboxylic acid groups (broad SMARTS) is 1. The Kier molecular flexibility index (Phi) is 5.19. The van der Waals surface area contributed by atoms with Gasteiger partial charge < -0.3 is 15.2 Å². The molecule has 2 rings (SSSR count). The number of rotatable bonds is 5. The molecule has 1 aliphatic rings. The van der Waals surface area contributed by atoms with Crippen molar-refractivity contribution in [1.82, 2.24) is 15.0 Å². The monoisotopic (exact) mass is 329 g/mol. The molecule has 0 spiro atoms. The molecule has 1 aromatic heterocycles. The van der Waals surface area contributed by atoms with E-state index in [1.54, 1.807) is 0 Å². The number of ether oxygens (including phenoxy) is 1. The van der Waals surface area contributed by atoms with Crippen LogP contribution in [0.1, 0.15) is 25.7 Å². The first kappa shape index (κ1) is 16.5. The Morgan fingerprint density at radius 2 is 1.91 bits per heavy atom. The van der Waals surface area contributed by atoms with Gasteiger partial charge in [0.15, 0.2) is 0 Å². The third-order valence-electron chi connectivity index (χ3n) is 3.61. The van der Waals surface area contributed by atoms with Crippen molar-refractivity contribution in [2.45, 2.75) is 42.7 Å².